The molecule has 0 unspecified atom stereocenters. The molecule has 0 aromatic heterocycles. The first-order valence-corrected chi connectivity index (χ1v) is 16.2. The van der Waals surface area contributed by atoms with Gasteiger partial charge in [-0.3, -0.25) is 0 Å². The lowest BCUT2D eigenvalue weighted by atomic mass is 10.2. The first kappa shape index (κ1) is 17.0. The lowest BCUT2D eigenvalue weighted by Crippen LogP contribution is -2.22. The summed E-state index contributed by atoms with van der Waals surface area (Å²) in [5.41, 5.74) is 15.6. The van der Waals surface area contributed by atoms with Crippen molar-refractivity contribution in [3.63, 3.8) is 0 Å². The fraction of sp³-hybridized carbons (Fsp3) is 0.412. The topological polar surface area (TPSA) is 0 Å². The van der Waals surface area contributed by atoms with Gasteiger partial charge in [-0.25, -0.2) is 0 Å². The predicted octanol–water partition coefficient (Wildman–Crippen LogP) is 3.84. The van der Waals surface area contributed by atoms with Gasteiger partial charge in [0.15, 0.2) is 0 Å². The van der Waals surface area contributed by atoms with E-state index in [1.54, 1.807) is 0 Å². The van der Waals surface area contributed by atoms with Gasteiger partial charge in [0.2, 0.25) is 8.80 Å². The molecule has 0 fully saturated rings. The number of benzene rings is 1. The maximum Gasteiger partial charge on any atom is 0.204 e. The smallest absolute Gasteiger partial charge is 0.138 e. The van der Waals surface area contributed by atoms with Crippen LogP contribution in [-0.4, -0.2) is 24.9 Å². The highest BCUT2D eigenvalue weighted by molar-refractivity contribution is 6.88. The summed E-state index contributed by atoms with van der Waals surface area (Å²) >= 11 is 0. The van der Waals surface area contributed by atoms with Crippen molar-refractivity contribution in [1.82, 2.24) is 0 Å². The van der Waals surface area contributed by atoms with E-state index in [9.17, 15) is 0 Å². The molecule has 0 saturated carbocycles. The summed E-state index contributed by atoms with van der Waals surface area (Å²) in [4.78, 5) is 0. The fourth-order valence-corrected chi connectivity index (χ4v) is 7.47. The van der Waals surface area contributed by atoms with Crippen LogP contribution in [-0.2, 0) is 6.04 Å². The Hall–Kier alpha value is -1.01. The Morgan fingerprint density at radius 3 is 1.65 bits per heavy atom. The molecule has 1 rings (SSSR count). The van der Waals surface area contributed by atoms with Gasteiger partial charge >= 0.3 is 0 Å². The molecule has 0 aliphatic heterocycles. The highest BCUT2D eigenvalue weighted by atomic mass is 28.3. The minimum absolute atomic E-state index is 1.08. The van der Waals surface area contributed by atoms with E-state index in [0.717, 1.165) is 6.04 Å². The van der Waals surface area contributed by atoms with Crippen LogP contribution < -0.4 is 0 Å². The van der Waals surface area contributed by atoms with Gasteiger partial charge in [-0.2, -0.15) is 0 Å². The molecule has 0 bridgehead atoms. The molecule has 20 heavy (non-hydrogen) atoms. The van der Waals surface area contributed by atoms with Crippen LogP contribution in [0.1, 0.15) is 5.56 Å². The minimum atomic E-state index is -1.31. The molecule has 0 amide bonds. The van der Waals surface area contributed by atoms with Crippen molar-refractivity contribution in [1.29, 1.82) is 0 Å². The summed E-state index contributed by atoms with van der Waals surface area (Å²) in [5, 5.41) is 0. The molecular formula is C17H26Si3. The Morgan fingerprint density at radius 1 is 0.800 bits per heavy atom. The Kier molecular flexibility index (Phi) is 6.08. The zero-order valence-corrected chi connectivity index (χ0v) is 16.8. The molecule has 0 saturated heterocycles. The van der Waals surface area contributed by atoms with Crippen LogP contribution >= 0.6 is 0 Å². The molecule has 1 aromatic carbocycles. The number of rotatable bonds is 2. The van der Waals surface area contributed by atoms with E-state index >= 15 is 0 Å². The fourth-order valence-electron chi connectivity index (χ4n) is 1.60. The van der Waals surface area contributed by atoms with E-state index in [1.807, 2.05) is 0 Å². The van der Waals surface area contributed by atoms with E-state index in [0.29, 0.717) is 0 Å². The summed E-state index contributed by atoms with van der Waals surface area (Å²) in [6.45, 7) is 13.8. The van der Waals surface area contributed by atoms with Gasteiger partial charge in [-0.15, -0.1) is 22.2 Å². The van der Waals surface area contributed by atoms with E-state index in [4.69, 9.17) is 0 Å². The predicted molar refractivity (Wildman–Crippen MR) is 99.5 cm³/mol. The maximum absolute atomic E-state index is 3.58. The van der Waals surface area contributed by atoms with Crippen LogP contribution in [0.25, 0.3) is 0 Å². The van der Waals surface area contributed by atoms with Crippen LogP contribution in [0.4, 0.5) is 0 Å². The second-order valence-electron chi connectivity index (χ2n) is 7.28. The van der Waals surface area contributed by atoms with E-state index in [-0.39, 0.29) is 0 Å². The third-order valence-electron chi connectivity index (χ3n) is 2.53. The van der Waals surface area contributed by atoms with Gasteiger partial charge in [-0.05, 0) is 11.6 Å². The second-order valence-corrected chi connectivity index (χ2v) is 18.9. The van der Waals surface area contributed by atoms with Crippen LogP contribution in [0.3, 0.4) is 0 Å². The molecule has 0 spiro atoms. The highest BCUT2D eigenvalue weighted by Gasteiger charge is 2.12. The number of hydrogen-bond donors (Lipinski definition) is 0. The Labute approximate surface area is 128 Å². The molecule has 0 radical (unpaired) electrons. The SMILES string of the molecule is C[Si](C)(C)C#C[SiH](C#C[Si](C)(C)C)Cc1ccccc1. The molecule has 0 nitrogen and oxygen atoms in total. The largest absolute Gasteiger partial charge is 0.204 e. The zero-order chi connectivity index (χ0) is 15.2. The third kappa shape index (κ3) is 8.22. The molecule has 0 aliphatic carbocycles. The van der Waals surface area contributed by atoms with Crippen molar-refractivity contribution in [3.05, 3.63) is 35.9 Å². The summed E-state index contributed by atoms with van der Waals surface area (Å²) in [7, 11) is -3.90. The zero-order valence-electron chi connectivity index (χ0n) is 13.7. The first-order chi connectivity index (χ1) is 9.16. The molecule has 1 aromatic rings. The standard InChI is InChI=1S/C17H26Si3/c1-19(2,3)14-12-18(13-15-20(4,5)6)16-17-10-8-7-9-11-17/h7-11,18H,16H2,1-6H3. The molecule has 3 heteroatoms. The summed E-state index contributed by atoms with van der Waals surface area (Å²) < 4.78 is 0. The highest BCUT2D eigenvalue weighted by Crippen LogP contribution is 2.04. The molecule has 0 N–H and O–H groups in total. The summed E-state index contributed by atoms with van der Waals surface area (Å²) in [6, 6.07) is 11.8. The van der Waals surface area contributed by atoms with Gasteiger partial charge in [0.25, 0.3) is 0 Å². The monoisotopic (exact) mass is 314 g/mol. The van der Waals surface area contributed by atoms with Gasteiger partial charge in [0, 0.05) is 0 Å². The van der Waals surface area contributed by atoms with E-state index in [1.165, 1.54) is 5.56 Å². The van der Waals surface area contributed by atoms with Crippen LogP contribution in [0.2, 0.25) is 39.3 Å². The Balaban J connectivity index is 2.95. The van der Waals surface area contributed by atoms with Crippen molar-refractivity contribution in [2.45, 2.75) is 45.3 Å². The van der Waals surface area contributed by atoms with E-state index in [2.05, 4.69) is 91.8 Å². The average molecular weight is 315 g/mol. The van der Waals surface area contributed by atoms with E-state index < -0.39 is 24.9 Å². The van der Waals surface area contributed by atoms with Crippen molar-refractivity contribution >= 4 is 24.9 Å². The van der Waals surface area contributed by atoms with Gasteiger partial charge in [0.1, 0.15) is 16.1 Å². The van der Waals surface area contributed by atoms with Crippen molar-refractivity contribution < 1.29 is 0 Å². The normalized spacial score (nSPS) is 11.3. The van der Waals surface area contributed by atoms with Crippen molar-refractivity contribution in [2.24, 2.45) is 0 Å². The maximum atomic E-state index is 3.58. The molecule has 0 atom stereocenters. The lowest BCUT2D eigenvalue weighted by Gasteiger charge is -2.08. The summed E-state index contributed by atoms with van der Waals surface area (Å²) in [6.07, 6.45) is 0. The first-order valence-electron chi connectivity index (χ1n) is 7.25. The lowest BCUT2D eigenvalue weighted by molar-refractivity contribution is 1.38. The van der Waals surface area contributed by atoms with Crippen molar-refractivity contribution in [2.75, 3.05) is 0 Å². The van der Waals surface area contributed by atoms with Gasteiger partial charge in [0.05, 0.1) is 0 Å². The molecular weight excluding hydrogens is 288 g/mol. The quantitative estimate of drug-likeness (QED) is 0.575. The van der Waals surface area contributed by atoms with Crippen molar-refractivity contribution in [3.8, 4) is 22.2 Å². The molecule has 106 valence electrons. The van der Waals surface area contributed by atoms with Gasteiger partial charge in [-0.1, -0.05) is 69.6 Å². The Bertz CT molecular complexity index is 508. The molecule has 0 aliphatic rings. The molecule has 0 heterocycles. The summed E-state index contributed by atoms with van der Waals surface area (Å²) in [5.74, 6) is 0. The Morgan fingerprint density at radius 2 is 1.25 bits per heavy atom. The van der Waals surface area contributed by atoms with Gasteiger partial charge < -0.3 is 0 Å². The average Bonchev–Trinajstić information content (AvgIpc) is 2.32. The van der Waals surface area contributed by atoms with Crippen LogP contribution in [0.5, 0.6) is 0 Å². The number of hydrogen-bond acceptors (Lipinski definition) is 0. The van der Waals surface area contributed by atoms with Crippen LogP contribution in [0.15, 0.2) is 30.3 Å². The third-order valence-corrected chi connectivity index (χ3v) is 6.76. The second kappa shape index (κ2) is 7.13. The minimum Gasteiger partial charge on any atom is -0.138 e. The van der Waals surface area contributed by atoms with Crippen LogP contribution in [0, 0.1) is 22.2 Å².